The van der Waals surface area contributed by atoms with Crippen molar-refractivity contribution in [2.75, 3.05) is 19.4 Å². The van der Waals surface area contributed by atoms with Gasteiger partial charge in [0.1, 0.15) is 16.9 Å². The lowest BCUT2D eigenvalue weighted by molar-refractivity contribution is -0.141. The van der Waals surface area contributed by atoms with Crippen molar-refractivity contribution in [2.45, 2.75) is 30.6 Å². The molecule has 0 saturated carbocycles. The summed E-state index contributed by atoms with van der Waals surface area (Å²) in [5.74, 6) is -1.35. The quantitative estimate of drug-likeness (QED) is 0.258. The van der Waals surface area contributed by atoms with Crippen molar-refractivity contribution in [3.63, 3.8) is 0 Å². The molecule has 4 aromatic rings. The van der Waals surface area contributed by atoms with E-state index < -0.39 is 22.0 Å². The molecule has 3 aromatic heterocycles. The Bertz CT molecular complexity index is 1550. The minimum atomic E-state index is -4.02. The van der Waals surface area contributed by atoms with Crippen molar-refractivity contribution in [3.8, 4) is 10.6 Å². The number of carbonyl (C=O) groups excluding carboxylic acids is 1. The van der Waals surface area contributed by atoms with Gasteiger partial charge in [-0.15, -0.1) is 11.3 Å². The summed E-state index contributed by atoms with van der Waals surface area (Å²) in [7, 11) is -0.928. The highest BCUT2D eigenvalue weighted by atomic mass is 32.2. The zero-order valence-corrected chi connectivity index (χ0v) is 23.5. The fourth-order valence-electron chi connectivity index (χ4n) is 3.74. The molecule has 0 radical (unpaired) electrons. The maximum Gasteiger partial charge on any atom is 0.326 e. The van der Waals surface area contributed by atoms with E-state index in [0.717, 1.165) is 16.1 Å². The number of carboxylic acids is 1. The molecule has 1 unspecified atom stereocenters. The summed E-state index contributed by atoms with van der Waals surface area (Å²) < 4.78 is 28.5. The van der Waals surface area contributed by atoms with Crippen LogP contribution in [0.2, 0.25) is 0 Å². The van der Waals surface area contributed by atoms with Crippen LogP contribution >= 0.6 is 11.3 Å². The molecule has 0 aliphatic heterocycles. The summed E-state index contributed by atoms with van der Waals surface area (Å²) in [6, 6.07) is 15.8. The van der Waals surface area contributed by atoms with Crippen LogP contribution in [0.3, 0.4) is 0 Å². The van der Waals surface area contributed by atoms with Gasteiger partial charge in [0.2, 0.25) is 5.91 Å². The first-order chi connectivity index (χ1) is 19.1. The number of sulfonamides is 1. The van der Waals surface area contributed by atoms with Crippen molar-refractivity contribution < 1.29 is 23.1 Å². The maximum atomic E-state index is 13.6. The average molecular weight is 581 g/mol. The van der Waals surface area contributed by atoms with Crippen LogP contribution in [0.1, 0.15) is 17.7 Å². The van der Waals surface area contributed by atoms with E-state index in [2.05, 4.69) is 20.3 Å². The number of carboxylic acid groups (broad SMARTS) is 1. The SMILES string of the molecule is CN(C)C(=O)CC(Nc1cccc(CN(Cc2ccc(-c3nccs3)cc2)S(=O)(=O)c2ccccn2)n1)C(=O)O. The number of aliphatic carboxylic acids is 1. The van der Waals surface area contributed by atoms with Crippen LogP contribution in [0.5, 0.6) is 0 Å². The normalized spacial score (nSPS) is 12.2. The Morgan fingerprint density at radius 2 is 1.75 bits per heavy atom. The third-order valence-corrected chi connectivity index (χ3v) is 8.41. The van der Waals surface area contributed by atoms with Crippen LogP contribution in [0, 0.1) is 0 Å². The van der Waals surface area contributed by atoms with Crippen molar-refractivity contribution in [1.82, 2.24) is 24.2 Å². The molecule has 0 aliphatic carbocycles. The summed E-state index contributed by atoms with van der Waals surface area (Å²) in [4.78, 5) is 38.0. The number of carbonyl (C=O) groups is 2. The molecule has 0 bridgehead atoms. The summed E-state index contributed by atoms with van der Waals surface area (Å²) in [5.41, 5.74) is 2.06. The van der Waals surface area contributed by atoms with Gasteiger partial charge < -0.3 is 15.3 Å². The number of rotatable bonds is 12. The Balaban J connectivity index is 1.59. The van der Waals surface area contributed by atoms with Crippen molar-refractivity contribution in [2.24, 2.45) is 0 Å². The van der Waals surface area contributed by atoms with Crippen molar-refractivity contribution >= 4 is 39.1 Å². The van der Waals surface area contributed by atoms with E-state index in [-0.39, 0.29) is 36.3 Å². The first kappa shape index (κ1) is 28.8. The number of thiazole rings is 1. The van der Waals surface area contributed by atoms with Crippen LogP contribution in [0.25, 0.3) is 10.6 Å². The number of aromatic nitrogens is 3. The minimum Gasteiger partial charge on any atom is -0.480 e. The Labute approximate surface area is 236 Å². The van der Waals surface area contributed by atoms with E-state index in [1.807, 2.05) is 29.6 Å². The first-order valence-electron chi connectivity index (χ1n) is 12.2. The summed E-state index contributed by atoms with van der Waals surface area (Å²) >= 11 is 1.51. The van der Waals surface area contributed by atoms with Gasteiger partial charge in [0, 0.05) is 44.0 Å². The number of hydrogen-bond donors (Lipinski definition) is 2. The smallest absolute Gasteiger partial charge is 0.326 e. The Morgan fingerprint density at radius 3 is 2.38 bits per heavy atom. The van der Waals surface area contributed by atoms with Crippen LogP contribution in [-0.2, 0) is 32.7 Å². The second-order valence-corrected chi connectivity index (χ2v) is 11.8. The Kier molecular flexibility index (Phi) is 9.19. The van der Waals surface area contributed by atoms with E-state index in [1.165, 1.54) is 32.8 Å². The Hall–Kier alpha value is -4.20. The van der Waals surface area contributed by atoms with E-state index >= 15 is 0 Å². The molecular formula is C27H28N6O5S2. The van der Waals surface area contributed by atoms with Gasteiger partial charge >= 0.3 is 5.97 Å². The number of nitrogens with zero attached hydrogens (tertiary/aromatic N) is 5. The molecule has 1 aromatic carbocycles. The van der Waals surface area contributed by atoms with Crippen molar-refractivity contribution in [1.29, 1.82) is 0 Å². The third-order valence-electron chi connectivity index (χ3n) is 5.88. The monoisotopic (exact) mass is 580 g/mol. The zero-order valence-electron chi connectivity index (χ0n) is 21.8. The molecule has 0 fully saturated rings. The van der Waals surface area contributed by atoms with Crippen LogP contribution in [0.4, 0.5) is 5.82 Å². The molecule has 2 N–H and O–H groups in total. The molecule has 3 heterocycles. The molecule has 40 heavy (non-hydrogen) atoms. The van der Waals surface area contributed by atoms with Gasteiger partial charge in [-0.1, -0.05) is 36.4 Å². The molecule has 1 atom stereocenters. The van der Waals surface area contributed by atoms with Crippen LogP contribution in [0.15, 0.2) is 83.5 Å². The number of nitrogens with one attached hydrogen (secondary N) is 1. The van der Waals surface area contributed by atoms with Crippen molar-refractivity contribution in [3.05, 3.63) is 89.7 Å². The third kappa shape index (κ3) is 7.25. The highest BCUT2D eigenvalue weighted by molar-refractivity contribution is 7.89. The van der Waals surface area contributed by atoms with Gasteiger partial charge in [-0.2, -0.15) is 4.31 Å². The van der Waals surface area contributed by atoms with E-state index in [1.54, 1.807) is 50.6 Å². The van der Waals surface area contributed by atoms with E-state index in [4.69, 9.17) is 0 Å². The van der Waals surface area contributed by atoms with Crippen LogP contribution < -0.4 is 5.32 Å². The molecule has 0 saturated heterocycles. The molecule has 4 rings (SSSR count). The standard InChI is InChI=1S/C27H28N6O5S2/c1-32(2)25(34)16-22(27(35)36)31-23-7-5-6-21(30-23)18-33(40(37,38)24-8-3-4-13-28-24)17-19-9-11-20(12-10-19)26-29-14-15-39-26/h3-15,22H,16-18H2,1-2H3,(H,30,31)(H,35,36). The predicted octanol–water partition coefficient (Wildman–Crippen LogP) is 3.33. The molecule has 13 heteroatoms. The number of amides is 1. The van der Waals surface area contributed by atoms with Gasteiger partial charge in [-0.05, 0) is 29.8 Å². The lowest BCUT2D eigenvalue weighted by Gasteiger charge is -2.22. The molecule has 0 spiro atoms. The number of hydrogen-bond acceptors (Lipinski definition) is 9. The number of anilines is 1. The predicted molar refractivity (Wildman–Crippen MR) is 151 cm³/mol. The summed E-state index contributed by atoms with van der Waals surface area (Å²) in [6.07, 6.45) is 2.87. The molecule has 0 aliphatic rings. The second kappa shape index (κ2) is 12.8. The first-order valence-corrected chi connectivity index (χ1v) is 14.5. The van der Waals surface area contributed by atoms with Gasteiger partial charge in [0.15, 0.2) is 5.03 Å². The van der Waals surface area contributed by atoms with Gasteiger partial charge in [0.05, 0.1) is 18.7 Å². The lowest BCUT2D eigenvalue weighted by atomic mass is 10.1. The second-order valence-electron chi connectivity index (χ2n) is 9.02. The van der Waals surface area contributed by atoms with Gasteiger partial charge in [-0.3, -0.25) is 4.79 Å². The topological polar surface area (TPSA) is 146 Å². The minimum absolute atomic E-state index is 0.0471. The van der Waals surface area contributed by atoms with E-state index in [9.17, 15) is 23.1 Å². The van der Waals surface area contributed by atoms with Crippen LogP contribution in [-0.4, -0.2) is 69.7 Å². The number of benzene rings is 1. The highest BCUT2D eigenvalue weighted by Crippen LogP contribution is 2.24. The van der Waals surface area contributed by atoms with Gasteiger partial charge in [-0.25, -0.2) is 28.2 Å². The number of pyridine rings is 2. The fraction of sp³-hybridized carbons (Fsp3) is 0.222. The largest absolute Gasteiger partial charge is 0.480 e. The highest BCUT2D eigenvalue weighted by Gasteiger charge is 2.27. The lowest BCUT2D eigenvalue weighted by Crippen LogP contribution is -2.36. The summed E-state index contributed by atoms with van der Waals surface area (Å²) in [5, 5.41) is 15.0. The Morgan fingerprint density at radius 1 is 0.975 bits per heavy atom. The maximum absolute atomic E-state index is 13.6. The average Bonchev–Trinajstić information content (AvgIpc) is 3.48. The molecule has 208 valence electrons. The summed E-state index contributed by atoms with van der Waals surface area (Å²) in [6.45, 7) is -0.0531. The molecule has 11 nitrogen and oxygen atoms in total. The molecule has 1 amide bonds. The zero-order chi connectivity index (χ0) is 28.7. The fourth-order valence-corrected chi connectivity index (χ4v) is 5.72. The van der Waals surface area contributed by atoms with E-state index in [0.29, 0.717) is 5.69 Å². The molecular weight excluding hydrogens is 552 g/mol. The van der Waals surface area contributed by atoms with Gasteiger partial charge in [0.25, 0.3) is 10.0 Å².